The molecular formula is C20H20ClFN6O3. The lowest BCUT2D eigenvalue weighted by atomic mass is 10.2. The van der Waals surface area contributed by atoms with E-state index in [-0.39, 0.29) is 35.4 Å². The zero-order valence-electron chi connectivity index (χ0n) is 16.7. The lowest BCUT2D eigenvalue weighted by Crippen LogP contribution is -2.41. The Morgan fingerprint density at radius 3 is 2.74 bits per heavy atom. The van der Waals surface area contributed by atoms with Gasteiger partial charge in [-0.25, -0.2) is 19.2 Å². The number of imidazole rings is 1. The highest BCUT2D eigenvalue weighted by molar-refractivity contribution is 6.29. The Morgan fingerprint density at radius 2 is 2.03 bits per heavy atom. The normalized spacial score (nSPS) is 18.0. The Kier molecular flexibility index (Phi) is 5.75. The average molecular weight is 447 g/mol. The predicted molar refractivity (Wildman–Crippen MR) is 112 cm³/mol. The van der Waals surface area contributed by atoms with E-state index in [1.807, 2.05) is 6.92 Å². The molecule has 2 aromatic heterocycles. The number of carbonyl (C=O) groups is 1. The van der Waals surface area contributed by atoms with Gasteiger partial charge in [-0.2, -0.15) is 4.98 Å². The topological polar surface area (TPSA) is 105 Å². The number of halogens is 2. The highest BCUT2D eigenvalue weighted by Crippen LogP contribution is 2.27. The first-order chi connectivity index (χ1) is 14.8. The maximum Gasteiger partial charge on any atom is 0.416 e. The summed E-state index contributed by atoms with van der Waals surface area (Å²) >= 11 is 6.15. The molecule has 0 unspecified atom stereocenters. The largest absolute Gasteiger partial charge is 0.447 e. The molecule has 31 heavy (non-hydrogen) atoms. The van der Waals surface area contributed by atoms with Gasteiger partial charge in [-0.05, 0) is 38.1 Å². The number of aliphatic hydroxyl groups excluding tert-OH is 1. The smallest absolute Gasteiger partial charge is 0.416 e. The Labute approximate surface area is 182 Å². The number of rotatable bonds is 6. The number of aliphatic hydroxyl groups is 1. The molecule has 9 nitrogen and oxygen atoms in total. The molecule has 1 aromatic carbocycles. The number of hydrogen-bond donors (Lipinski definition) is 2. The zero-order chi connectivity index (χ0) is 22.1. The lowest BCUT2D eigenvalue weighted by molar-refractivity contribution is 0.142. The molecule has 3 atom stereocenters. The van der Waals surface area contributed by atoms with Crippen LogP contribution in [0.1, 0.15) is 25.6 Å². The fourth-order valence-electron chi connectivity index (χ4n) is 3.23. The van der Waals surface area contributed by atoms with Crippen LogP contribution in [0.5, 0.6) is 0 Å². The van der Waals surface area contributed by atoms with Gasteiger partial charge in [0.2, 0.25) is 5.95 Å². The average Bonchev–Trinajstić information content (AvgIpc) is 3.35. The summed E-state index contributed by atoms with van der Waals surface area (Å²) in [5.74, 6) is 0.100. The van der Waals surface area contributed by atoms with E-state index in [4.69, 9.17) is 16.3 Å². The van der Waals surface area contributed by atoms with Gasteiger partial charge in [-0.15, -0.1) is 0 Å². The number of hydrogen-bond acceptors (Lipinski definition) is 7. The SMILES string of the molecule is C[C@H](Nc1nc(Cl)cc(N2C(=O)OC[C@@H]2[C@@H](C)O)n1)c1cn(-c2ccc(F)cc2)cn1. The van der Waals surface area contributed by atoms with E-state index in [1.54, 1.807) is 36.1 Å². The van der Waals surface area contributed by atoms with Crippen LogP contribution >= 0.6 is 11.6 Å². The summed E-state index contributed by atoms with van der Waals surface area (Å²) in [6.07, 6.45) is 2.00. The van der Waals surface area contributed by atoms with Crippen LogP contribution < -0.4 is 10.2 Å². The quantitative estimate of drug-likeness (QED) is 0.559. The molecule has 2 N–H and O–H groups in total. The zero-order valence-corrected chi connectivity index (χ0v) is 17.5. The van der Waals surface area contributed by atoms with Gasteiger partial charge >= 0.3 is 6.09 Å². The van der Waals surface area contributed by atoms with E-state index in [2.05, 4.69) is 20.3 Å². The molecule has 0 saturated carbocycles. The van der Waals surface area contributed by atoms with Crippen molar-refractivity contribution in [1.29, 1.82) is 0 Å². The van der Waals surface area contributed by atoms with E-state index in [0.29, 0.717) is 5.69 Å². The summed E-state index contributed by atoms with van der Waals surface area (Å²) in [7, 11) is 0. The molecule has 1 aliphatic heterocycles. The molecule has 1 amide bonds. The van der Waals surface area contributed by atoms with E-state index in [1.165, 1.54) is 23.1 Å². The Bertz CT molecular complexity index is 1090. The van der Waals surface area contributed by atoms with Crippen LogP contribution in [0.4, 0.5) is 21.0 Å². The summed E-state index contributed by atoms with van der Waals surface area (Å²) in [5.41, 5.74) is 1.46. The minimum atomic E-state index is -0.814. The molecule has 1 saturated heterocycles. The van der Waals surface area contributed by atoms with Crippen LogP contribution in [0.15, 0.2) is 42.9 Å². The molecule has 11 heteroatoms. The van der Waals surface area contributed by atoms with Gasteiger partial charge in [0.25, 0.3) is 0 Å². The monoisotopic (exact) mass is 446 g/mol. The number of ether oxygens (including phenoxy) is 1. The number of carbonyl (C=O) groups excluding carboxylic acids is 1. The van der Waals surface area contributed by atoms with Gasteiger partial charge in [-0.3, -0.25) is 4.90 Å². The molecular weight excluding hydrogens is 427 g/mol. The van der Waals surface area contributed by atoms with Crippen LogP contribution in [0.2, 0.25) is 5.15 Å². The van der Waals surface area contributed by atoms with Crippen molar-refractivity contribution in [1.82, 2.24) is 19.5 Å². The Hall–Kier alpha value is -3.24. The molecule has 0 radical (unpaired) electrons. The van der Waals surface area contributed by atoms with E-state index >= 15 is 0 Å². The highest BCUT2D eigenvalue weighted by Gasteiger charge is 2.38. The molecule has 0 spiro atoms. The first kappa shape index (κ1) is 21.0. The molecule has 3 heterocycles. The number of cyclic esters (lactones) is 1. The van der Waals surface area contributed by atoms with Crippen LogP contribution in [0.25, 0.3) is 5.69 Å². The lowest BCUT2D eigenvalue weighted by Gasteiger charge is -2.23. The molecule has 162 valence electrons. The van der Waals surface area contributed by atoms with Crippen molar-refractivity contribution < 1.29 is 19.0 Å². The summed E-state index contributed by atoms with van der Waals surface area (Å²) < 4.78 is 20.0. The highest BCUT2D eigenvalue weighted by atomic mass is 35.5. The summed E-state index contributed by atoms with van der Waals surface area (Å²) in [6, 6.07) is 6.62. The van der Waals surface area contributed by atoms with E-state index in [9.17, 15) is 14.3 Å². The third-order valence-corrected chi connectivity index (χ3v) is 5.10. The van der Waals surface area contributed by atoms with Crippen molar-refractivity contribution >= 4 is 29.5 Å². The number of amides is 1. The van der Waals surface area contributed by atoms with E-state index in [0.717, 1.165) is 5.69 Å². The summed E-state index contributed by atoms with van der Waals surface area (Å²) in [6.45, 7) is 3.49. The van der Waals surface area contributed by atoms with E-state index < -0.39 is 18.2 Å². The van der Waals surface area contributed by atoms with Gasteiger partial charge in [0.1, 0.15) is 29.4 Å². The van der Waals surface area contributed by atoms with Gasteiger partial charge in [0.05, 0.1) is 24.2 Å². The van der Waals surface area contributed by atoms with Crippen molar-refractivity contribution in [2.75, 3.05) is 16.8 Å². The molecule has 0 aliphatic carbocycles. The van der Waals surface area contributed by atoms with Crippen LogP contribution in [0, 0.1) is 5.82 Å². The first-order valence-corrected chi connectivity index (χ1v) is 9.94. The fourth-order valence-corrected chi connectivity index (χ4v) is 3.41. The van der Waals surface area contributed by atoms with Crippen molar-refractivity contribution in [3.8, 4) is 5.69 Å². The van der Waals surface area contributed by atoms with Gasteiger partial charge < -0.3 is 19.7 Å². The summed E-state index contributed by atoms with van der Waals surface area (Å²) in [4.78, 5) is 26.3. The number of anilines is 2. The molecule has 3 aromatic rings. The molecule has 1 fully saturated rings. The molecule has 4 rings (SSSR count). The number of nitrogens with one attached hydrogen (secondary N) is 1. The fraction of sp³-hybridized carbons (Fsp3) is 0.300. The first-order valence-electron chi connectivity index (χ1n) is 9.57. The maximum absolute atomic E-state index is 13.1. The second-order valence-corrected chi connectivity index (χ2v) is 7.56. The van der Waals surface area contributed by atoms with Crippen molar-refractivity contribution in [2.45, 2.75) is 32.0 Å². The standard InChI is InChI=1S/C20H20ClFN6O3/c1-11(15-8-27(10-23-15)14-5-3-13(22)4-6-14)24-19-25-17(21)7-18(26-19)28-16(12(2)29)9-31-20(28)30/h3-8,10-12,16,29H,9H2,1-2H3,(H,24,25,26)/t11-,12+,16+/m0/s1. The number of aromatic nitrogens is 4. The van der Waals surface area contributed by atoms with Crippen LogP contribution in [-0.4, -0.2) is 49.5 Å². The minimum Gasteiger partial charge on any atom is -0.447 e. The van der Waals surface area contributed by atoms with Gasteiger partial charge in [0, 0.05) is 18.0 Å². The Morgan fingerprint density at radius 1 is 1.29 bits per heavy atom. The maximum atomic E-state index is 13.1. The summed E-state index contributed by atoms with van der Waals surface area (Å²) in [5, 5.41) is 13.2. The second-order valence-electron chi connectivity index (χ2n) is 7.18. The molecule has 1 aliphatic rings. The number of benzene rings is 1. The van der Waals surface area contributed by atoms with Crippen LogP contribution in [0.3, 0.4) is 0 Å². The molecule has 0 bridgehead atoms. The Balaban J connectivity index is 1.54. The van der Waals surface area contributed by atoms with Crippen molar-refractivity contribution in [3.05, 3.63) is 59.5 Å². The van der Waals surface area contributed by atoms with Crippen molar-refractivity contribution in [3.63, 3.8) is 0 Å². The second kappa shape index (κ2) is 8.48. The third-order valence-electron chi connectivity index (χ3n) is 4.91. The van der Waals surface area contributed by atoms with Gasteiger partial charge in [0.15, 0.2) is 0 Å². The predicted octanol–water partition coefficient (Wildman–Crippen LogP) is 3.33. The number of nitrogens with zero attached hydrogens (tertiary/aromatic N) is 5. The van der Waals surface area contributed by atoms with Gasteiger partial charge in [-0.1, -0.05) is 11.6 Å². The minimum absolute atomic E-state index is 0.0537. The third kappa shape index (κ3) is 4.44. The van der Waals surface area contributed by atoms with Crippen molar-refractivity contribution in [2.24, 2.45) is 0 Å². The van der Waals surface area contributed by atoms with Crippen LogP contribution in [-0.2, 0) is 4.74 Å².